The highest BCUT2D eigenvalue weighted by molar-refractivity contribution is 5.90. The molecule has 0 bridgehead atoms. The summed E-state index contributed by atoms with van der Waals surface area (Å²) in [5.41, 5.74) is 2.19. The van der Waals surface area contributed by atoms with Gasteiger partial charge in [0.2, 0.25) is 11.8 Å². The number of hydrogen-bond acceptors (Lipinski definition) is 3. The highest BCUT2D eigenvalue weighted by Gasteiger charge is 2.49. The molecule has 5 nitrogen and oxygen atoms in total. The van der Waals surface area contributed by atoms with Crippen molar-refractivity contribution in [3.8, 4) is 0 Å². The van der Waals surface area contributed by atoms with Gasteiger partial charge in [-0.1, -0.05) is 38.1 Å². The smallest absolute Gasteiger partial charge is 0.233 e. The van der Waals surface area contributed by atoms with Crippen LogP contribution in [0.3, 0.4) is 0 Å². The average molecular weight is 466 g/mol. The zero-order valence-electron chi connectivity index (χ0n) is 21.3. The van der Waals surface area contributed by atoms with Crippen LogP contribution in [0.5, 0.6) is 0 Å². The number of benzene rings is 1. The standard InChI is InChI=1S/C29H43N3O2/c1-22(2)23-10-12-25(13-11-23)30-17-14-29(15-18-30)26-8-4-3-7-24(26)21-32(28(29)34)20-19-31-16-6-5-9-27(31)33/h3-4,7-8,22-23,25H,5-6,9-21H2,1-2H3/t23-,25+. The van der Waals surface area contributed by atoms with Crippen molar-refractivity contribution in [2.75, 3.05) is 32.7 Å². The van der Waals surface area contributed by atoms with Crippen molar-refractivity contribution in [1.29, 1.82) is 0 Å². The van der Waals surface area contributed by atoms with E-state index < -0.39 is 0 Å². The number of piperidine rings is 2. The largest absolute Gasteiger partial charge is 0.341 e. The molecule has 4 aliphatic rings. The number of fused-ring (bicyclic) bond motifs is 2. The van der Waals surface area contributed by atoms with Crippen LogP contribution < -0.4 is 0 Å². The minimum absolute atomic E-state index is 0.256. The predicted molar refractivity (Wildman–Crippen MR) is 135 cm³/mol. The quantitative estimate of drug-likeness (QED) is 0.639. The third-order valence-electron chi connectivity index (χ3n) is 9.50. The number of carbonyl (C=O) groups is 2. The lowest BCUT2D eigenvalue weighted by Gasteiger charge is -2.49. The summed E-state index contributed by atoms with van der Waals surface area (Å²) in [6, 6.07) is 9.33. The summed E-state index contributed by atoms with van der Waals surface area (Å²) in [6.45, 7) is 9.64. The molecule has 5 heteroatoms. The molecule has 1 aromatic rings. The Morgan fingerprint density at radius 2 is 1.62 bits per heavy atom. The van der Waals surface area contributed by atoms with Crippen LogP contribution >= 0.6 is 0 Å². The van der Waals surface area contributed by atoms with Crippen LogP contribution in [0.2, 0.25) is 0 Å². The number of carbonyl (C=O) groups excluding carboxylic acids is 2. The van der Waals surface area contributed by atoms with E-state index in [4.69, 9.17) is 0 Å². The van der Waals surface area contributed by atoms with E-state index >= 15 is 0 Å². The predicted octanol–water partition coefficient (Wildman–Crippen LogP) is 4.59. The number of rotatable bonds is 5. The number of hydrogen-bond donors (Lipinski definition) is 0. The molecule has 0 N–H and O–H groups in total. The van der Waals surface area contributed by atoms with Crippen LogP contribution in [0, 0.1) is 11.8 Å². The molecule has 2 amide bonds. The second kappa shape index (κ2) is 10.0. The molecule has 0 atom stereocenters. The van der Waals surface area contributed by atoms with Crippen molar-refractivity contribution in [2.45, 2.75) is 89.6 Å². The van der Waals surface area contributed by atoms with Crippen molar-refractivity contribution in [2.24, 2.45) is 11.8 Å². The first-order chi connectivity index (χ1) is 16.5. The first-order valence-corrected chi connectivity index (χ1v) is 13.9. The molecule has 1 aliphatic carbocycles. The van der Waals surface area contributed by atoms with E-state index in [9.17, 15) is 9.59 Å². The maximum Gasteiger partial charge on any atom is 0.233 e. The molecule has 1 aromatic carbocycles. The van der Waals surface area contributed by atoms with Crippen LogP contribution in [0.15, 0.2) is 24.3 Å². The lowest BCUT2D eigenvalue weighted by atomic mass is 9.67. The topological polar surface area (TPSA) is 43.9 Å². The maximum atomic E-state index is 14.0. The summed E-state index contributed by atoms with van der Waals surface area (Å²) in [4.78, 5) is 33.1. The van der Waals surface area contributed by atoms with Gasteiger partial charge >= 0.3 is 0 Å². The molecule has 186 valence electrons. The number of likely N-dealkylation sites (tertiary alicyclic amines) is 2. The Bertz CT molecular complexity index is 881. The first-order valence-electron chi connectivity index (χ1n) is 13.9. The second-order valence-electron chi connectivity index (χ2n) is 11.7. The average Bonchev–Trinajstić information content (AvgIpc) is 2.87. The fourth-order valence-corrected chi connectivity index (χ4v) is 7.23. The Morgan fingerprint density at radius 3 is 2.32 bits per heavy atom. The van der Waals surface area contributed by atoms with E-state index in [2.05, 4.69) is 47.9 Å². The van der Waals surface area contributed by atoms with E-state index in [1.807, 2.05) is 4.90 Å². The molecule has 3 heterocycles. The Morgan fingerprint density at radius 1 is 0.912 bits per heavy atom. The molecular formula is C29H43N3O2. The third-order valence-corrected chi connectivity index (χ3v) is 9.50. The van der Waals surface area contributed by atoms with Gasteiger partial charge < -0.3 is 14.7 Å². The van der Waals surface area contributed by atoms with Gasteiger partial charge in [-0.15, -0.1) is 0 Å². The molecule has 1 spiro atoms. The Kier molecular flexibility index (Phi) is 7.02. The van der Waals surface area contributed by atoms with Gasteiger partial charge in [-0.05, 0) is 87.4 Å². The Balaban J connectivity index is 1.27. The van der Waals surface area contributed by atoms with Crippen molar-refractivity contribution in [3.63, 3.8) is 0 Å². The summed E-state index contributed by atoms with van der Waals surface area (Å²) >= 11 is 0. The van der Waals surface area contributed by atoms with Gasteiger partial charge in [-0.3, -0.25) is 9.59 Å². The van der Waals surface area contributed by atoms with Gasteiger partial charge in [-0.2, -0.15) is 0 Å². The van der Waals surface area contributed by atoms with Gasteiger partial charge in [-0.25, -0.2) is 0 Å². The number of nitrogens with zero attached hydrogens (tertiary/aromatic N) is 3. The summed E-state index contributed by atoms with van der Waals surface area (Å²) in [6.07, 6.45) is 9.94. The third kappa shape index (κ3) is 4.53. The SMILES string of the molecule is CC(C)[C@H]1CC[C@@H](N2CCC3(CC2)C(=O)N(CCN2CCCCC2=O)Cc2ccccc23)CC1. The first kappa shape index (κ1) is 23.8. The second-order valence-corrected chi connectivity index (χ2v) is 11.7. The van der Waals surface area contributed by atoms with Crippen molar-refractivity contribution >= 4 is 11.8 Å². The summed E-state index contributed by atoms with van der Waals surface area (Å²) in [5.74, 6) is 2.25. The van der Waals surface area contributed by atoms with Gasteiger partial charge in [0.15, 0.2) is 0 Å². The van der Waals surface area contributed by atoms with E-state index in [0.717, 1.165) is 57.2 Å². The highest BCUT2D eigenvalue weighted by atomic mass is 16.2. The molecule has 2 saturated heterocycles. The zero-order chi connectivity index (χ0) is 23.7. The molecular weight excluding hydrogens is 422 g/mol. The van der Waals surface area contributed by atoms with Gasteiger partial charge in [0.05, 0.1) is 5.41 Å². The van der Waals surface area contributed by atoms with Crippen molar-refractivity contribution < 1.29 is 9.59 Å². The Labute approximate surface area is 205 Å². The minimum Gasteiger partial charge on any atom is -0.341 e. The van der Waals surface area contributed by atoms with Crippen LogP contribution in [-0.4, -0.2) is 65.3 Å². The minimum atomic E-state index is -0.383. The molecule has 0 radical (unpaired) electrons. The zero-order valence-corrected chi connectivity index (χ0v) is 21.3. The fourth-order valence-electron chi connectivity index (χ4n) is 7.23. The summed E-state index contributed by atoms with van der Waals surface area (Å²) < 4.78 is 0. The summed E-state index contributed by atoms with van der Waals surface area (Å²) in [5, 5.41) is 0. The fraction of sp³-hybridized carbons (Fsp3) is 0.724. The highest BCUT2D eigenvalue weighted by Crippen LogP contribution is 2.44. The molecule has 5 rings (SSSR count). The van der Waals surface area contributed by atoms with Crippen LogP contribution in [0.4, 0.5) is 0 Å². The van der Waals surface area contributed by atoms with Gasteiger partial charge in [0.1, 0.15) is 0 Å². The van der Waals surface area contributed by atoms with E-state index in [-0.39, 0.29) is 11.3 Å². The van der Waals surface area contributed by atoms with Crippen molar-refractivity contribution in [1.82, 2.24) is 14.7 Å². The Hall–Kier alpha value is -1.88. The van der Waals surface area contributed by atoms with Gasteiger partial charge in [0.25, 0.3) is 0 Å². The van der Waals surface area contributed by atoms with Crippen molar-refractivity contribution in [3.05, 3.63) is 35.4 Å². The van der Waals surface area contributed by atoms with E-state index in [1.54, 1.807) is 0 Å². The van der Waals surface area contributed by atoms with Crippen LogP contribution in [0.25, 0.3) is 0 Å². The van der Waals surface area contributed by atoms with Crippen LogP contribution in [0.1, 0.15) is 82.8 Å². The lowest BCUT2D eigenvalue weighted by Crippen LogP contribution is -2.58. The molecule has 1 saturated carbocycles. The molecule has 34 heavy (non-hydrogen) atoms. The van der Waals surface area contributed by atoms with Crippen LogP contribution in [-0.2, 0) is 21.5 Å². The van der Waals surface area contributed by atoms with E-state index in [0.29, 0.717) is 38.0 Å². The monoisotopic (exact) mass is 465 g/mol. The molecule has 0 unspecified atom stereocenters. The normalized spacial score (nSPS) is 28.0. The number of amides is 2. The molecule has 0 aromatic heterocycles. The summed E-state index contributed by atoms with van der Waals surface area (Å²) in [7, 11) is 0. The van der Waals surface area contributed by atoms with E-state index in [1.165, 1.54) is 36.8 Å². The molecule has 3 fully saturated rings. The molecule has 3 aliphatic heterocycles. The van der Waals surface area contributed by atoms with Gasteiger partial charge in [0, 0.05) is 38.6 Å². The maximum absolute atomic E-state index is 14.0. The lowest BCUT2D eigenvalue weighted by molar-refractivity contribution is -0.144.